The van der Waals surface area contributed by atoms with Crippen molar-refractivity contribution in [3.05, 3.63) is 35.5 Å². The Morgan fingerprint density at radius 2 is 2.15 bits per heavy atom. The number of phenols is 1. The zero-order valence-electron chi connectivity index (χ0n) is 6.57. The summed E-state index contributed by atoms with van der Waals surface area (Å²) in [6, 6.07) is 6.03. The molecule has 0 saturated carbocycles. The van der Waals surface area contributed by atoms with Gasteiger partial charge in [-0.15, -0.1) is 0 Å². The second kappa shape index (κ2) is 3.14. The monoisotopic (exact) mass is 195 g/mol. The van der Waals surface area contributed by atoms with Crippen molar-refractivity contribution in [2.75, 3.05) is 0 Å². The second-order valence-electron chi connectivity index (χ2n) is 2.55. The first kappa shape index (κ1) is 8.19. The molecule has 0 atom stereocenters. The van der Waals surface area contributed by atoms with Gasteiger partial charge < -0.3 is 5.11 Å². The fourth-order valence-electron chi connectivity index (χ4n) is 1.03. The third-order valence-electron chi connectivity index (χ3n) is 1.68. The Balaban J connectivity index is 2.49. The second-order valence-corrected chi connectivity index (χ2v) is 3.22. The Kier molecular flexibility index (Phi) is 1.98. The molecule has 0 amide bonds. The fourth-order valence-corrected chi connectivity index (χ4v) is 1.56. The van der Waals surface area contributed by atoms with Gasteiger partial charge in [0.1, 0.15) is 0 Å². The van der Waals surface area contributed by atoms with Gasteiger partial charge in [0.25, 0.3) is 0 Å². The lowest BCUT2D eigenvalue weighted by molar-refractivity contribution is 0.432. The van der Waals surface area contributed by atoms with Gasteiger partial charge in [-0.25, -0.2) is 4.39 Å². The molecule has 0 bridgehead atoms. The highest BCUT2D eigenvalue weighted by atomic mass is 32.1. The smallest absolute Gasteiger partial charge is 0.165 e. The lowest BCUT2D eigenvalue weighted by Crippen LogP contribution is -1.80. The molecule has 66 valence electrons. The standard InChI is InChI=1S/C9H6FNOS/c10-7-5-6(1-2-9(7)12)8-3-4-13-11-8/h1-5,12H. The fraction of sp³-hybridized carbons (Fsp3) is 0. The van der Waals surface area contributed by atoms with Crippen LogP contribution in [0.3, 0.4) is 0 Å². The van der Waals surface area contributed by atoms with Gasteiger partial charge in [-0.2, -0.15) is 4.37 Å². The van der Waals surface area contributed by atoms with Gasteiger partial charge in [-0.05, 0) is 35.8 Å². The number of hydrogen-bond acceptors (Lipinski definition) is 3. The molecular weight excluding hydrogens is 189 g/mol. The van der Waals surface area contributed by atoms with Gasteiger partial charge >= 0.3 is 0 Å². The van der Waals surface area contributed by atoms with Crippen molar-refractivity contribution < 1.29 is 9.50 Å². The summed E-state index contributed by atoms with van der Waals surface area (Å²) in [6.07, 6.45) is 0. The van der Waals surface area contributed by atoms with Crippen LogP contribution in [-0.4, -0.2) is 9.48 Å². The number of hydrogen-bond donors (Lipinski definition) is 1. The summed E-state index contributed by atoms with van der Waals surface area (Å²) >= 11 is 1.31. The highest BCUT2D eigenvalue weighted by molar-refractivity contribution is 7.03. The number of rotatable bonds is 1. The molecule has 1 heterocycles. The third kappa shape index (κ3) is 1.53. The minimum Gasteiger partial charge on any atom is -0.505 e. The molecule has 0 fully saturated rings. The van der Waals surface area contributed by atoms with E-state index >= 15 is 0 Å². The van der Waals surface area contributed by atoms with Crippen molar-refractivity contribution in [1.82, 2.24) is 4.37 Å². The van der Waals surface area contributed by atoms with Gasteiger partial charge in [0, 0.05) is 10.9 Å². The molecule has 13 heavy (non-hydrogen) atoms. The van der Waals surface area contributed by atoms with E-state index in [0.717, 1.165) is 5.69 Å². The quantitative estimate of drug-likeness (QED) is 0.758. The Labute approximate surface area is 78.4 Å². The first-order chi connectivity index (χ1) is 6.27. The SMILES string of the molecule is Oc1ccc(-c2ccsn2)cc1F. The summed E-state index contributed by atoms with van der Waals surface area (Å²) in [4.78, 5) is 0. The van der Waals surface area contributed by atoms with Crippen molar-refractivity contribution in [2.24, 2.45) is 0 Å². The molecule has 0 aliphatic rings. The molecule has 0 aliphatic carbocycles. The van der Waals surface area contributed by atoms with Crippen molar-refractivity contribution >= 4 is 11.5 Å². The van der Waals surface area contributed by atoms with E-state index in [1.807, 2.05) is 5.38 Å². The molecule has 0 spiro atoms. The first-order valence-corrected chi connectivity index (χ1v) is 4.50. The van der Waals surface area contributed by atoms with Crippen LogP contribution in [0.4, 0.5) is 4.39 Å². The van der Waals surface area contributed by atoms with Crippen molar-refractivity contribution in [1.29, 1.82) is 0 Å². The van der Waals surface area contributed by atoms with E-state index in [4.69, 9.17) is 5.11 Å². The lowest BCUT2D eigenvalue weighted by atomic mass is 10.1. The van der Waals surface area contributed by atoms with Crippen LogP contribution in [0, 0.1) is 5.82 Å². The number of nitrogens with zero attached hydrogens (tertiary/aromatic N) is 1. The Morgan fingerprint density at radius 1 is 1.31 bits per heavy atom. The van der Waals surface area contributed by atoms with Gasteiger partial charge in [-0.3, -0.25) is 0 Å². The Morgan fingerprint density at radius 3 is 2.77 bits per heavy atom. The molecule has 1 N–H and O–H groups in total. The first-order valence-electron chi connectivity index (χ1n) is 3.66. The van der Waals surface area contributed by atoms with E-state index in [1.165, 1.54) is 23.7 Å². The summed E-state index contributed by atoms with van der Waals surface area (Å²) < 4.78 is 16.9. The predicted octanol–water partition coefficient (Wildman–Crippen LogP) is 2.65. The van der Waals surface area contributed by atoms with E-state index in [1.54, 1.807) is 12.1 Å². The average Bonchev–Trinajstić information content (AvgIpc) is 2.62. The van der Waals surface area contributed by atoms with Crippen molar-refractivity contribution in [3.8, 4) is 17.0 Å². The molecule has 2 nitrogen and oxygen atoms in total. The van der Waals surface area contributed by atoms with E-state index < -0.39 is 5.82 Å². The molecular formula is C9H6FNOS. The highest BCUT2D eigenvalue weighted by Gasteiger charge is 2.04. The molecule has 4 heteroatoms. The number of halogens is 1. The normalized spacial score (nSPS) is 10.2. The maximum absolute atomic E-state index is 12.9. The molecule has 0 aliphatic heterocycles. The largest absolute Gasteiger partial charge is 0.505 e. The van der Waals surface area contributed by atoms with Gasteiger partial charge in [0.2, 0.25) is 0 Å². The van der Waals surface area contributed by atoms with E-state index in [9.17, 15) is 4.39 Å². The van der Waals surface area contributed by atoms with E-state index in [2.05, 4.69) is 4.37 Å². The van der Waals surface area contributed by atoms with E-state index in [-0.39, 0.29) is 5.75 Å². The van der Waals surface area contributed by atoms with Gasteiger partial charge in [0.05, 0.1) is 5.69 Å². The summed E-state index contributed by atoms with van der Waals surface area (Å²) in [5.41, 5.74) is 1.40. The Hall–Kier alpha value is -1.42. The summed E-state index contributed by atoms with van der Waals surface area (Å²) in [5, 5.41) is 10.8. The maximum Gasteiger partial charge on any atom is 0.165 e. The number of phenolic OH excluding ortho intramolecular Hbond substituents is 1. The zero-order valence-corrected chi connectivity index (χ0v) is 7.38. The van der Waals surface area contributed by atoms with Crippen molar-refractivity contribution in [2.45, 2.75) is 0 Å². The van der Waals surface area contributed by atoms with Crippen LogP contribution in [0.2, 0.25) is 0 Å². The summed E-state index contributed by atoms with van der Waals surface area (Å²) in [5.74, 6) is -0.954. The number of aromatic hydroxyl groups is 1. The minimum atomic E-state index is -0.620. The molecule has 0 saturated heterocycles. The zero-order chi connectivity index (χ0) is 9.26. The van der Waals surface area contributed by atoms with Gasteiger partial charge in [0.15, 0.2) is 11.6 Å². The van der Waals surface area contributed by atoms with E-state index in [0.29, 0.717) is 5.56 Å². The molecule has 1 aromatic heterocycles. The van der Waals surface area contributed by atoms with Crippen molar-refractivity contribution in [3.63, 3.8) is 0 Å². The van der Waals surface area contributed by atoms with Crippen LogP contribution in [-0.2, 0) is 0 Å². The predicted molar refractivity (Wildman–Crippen MR) is 49.2 cm³/mol. The number of aromatic nitrogens is 1. The molecule has 1 aromatic carbocycles. The summed E-state index contributed by atoms with van der Waals surface area (Å²) in [6.45, 7) is 0. The van der Waals surface area contributed by atoms with Crippen LogP contribution in [0.15, 0.2) is 29.6 Å². The van der Waals surface area contributed by atoms with Crippen LogP contribution in [0.1, 0.15) is 0 Å². The van der Waals surface area contributed by atoms with Gasteiger partial charge in [-0.1, -0.05) is 0 Å². The maximum atomic E-state index is 12.9. The molecule has 2 rings (SSSR count). The summed E-state index contributed by atoms with van der Waals surface area (Å²) in [7, 11) is 0. The average molecular weight is 195 g/mol. The van der Waals surface area contributed by atoms with Crippen LogP contribution < -0.4 is 0 Å². The van der Waals surface area contributed by atoms with Crippen LogP contribution >= 0.6 is 11.5 Å². The van der Waals surface area contributed by atoms with Crippen LogP contribution in [0.5, 0.6) is 5.75 Å². The third-order valence-corrected chi connectivity index (χ3v) is 2.24. The molecule has 0 unspecified atom stereocenters. The minimum absolute atomic E-state index is 0.334. The Bertz CT molecular complexity index is 414. The molecule has 2 aromatic rings. The topological polar surface area (TPSA) is 33.1 Å². The van der Waals surface area contributed by atoms with Crippen LogP contribution in [0.25, 0.3) is 11.3 Å². The molecule has 0 radical (unpaired) electrons. The highest BCUT2D eigenvalue weighted by Crippen LogP contribution is 2.23. The number of benzene rings is 1. The lowest BCUT2D eigenvalue weighted by Gasteiger charge is -1.98.